The number of hydrogen-bond donors (Lipinski definition) is 2. The lowest BCUT2D eigenvalue weighted by Gasteiger charge is -2.16. The van der Waals surface area contributed by atoms with Crippen LogP contribution in [0, 0.1) is 5.92 Å². The normalized spacial score (nSPS) is 22.9. The molecule has 1 heterocycles. The fourth-order valence-corrected chi connectivity index (χ4v) is 2.09. The van der Waals surface area contributed by atoms with Gasteiger partial charge in [-0.3, -0.25) is 0 Å². The highest BCUT2D eigenvalue weighted by Gasteiger charge is 2.15. The summed E-state index contributed by atoms with van der Waals surface area (Å²) < 4.78 is 0. The van der Waals surface area contributed by atoms with Gasteiger partial charge < -0.3 is 10.6 Å². The van der Waals surface area contributed by atoms with Gasteiger partial charge >= 0.3 is 0 Å². The van der Waals surface area contributed by atoms with E-state index in [2.05, 4.69) is 47.9 Å². The molecular weight excluding hydrogens is 184 g/mol. The first kappa shape index (κ1) is 10.7. The Morgan fingerprint density at radius 1 is 1.40 bits per heavy atom. The van der Waals surface area contributed by atoms with E-state index in [1.807, 2.05) is 0 Å². The van der Waals surface area contributed by atoms with Crippen molar-refractivity contribution < 1.29 is 0 Å². The molecule has 0 spiro atoms. The van der Waals surface area contributed by atoms with Crippen molar-refractivity contribution in [2.75, 3.05) is 19.6 Å². The van der Waals surface area contributed by atoms with Gasteiger partial charge in [-0.25, -0.2) is 0 Å². The molecule has 1 aromatic carbocycles. The van der Waals surface area contributed by atoms with E-state index in [4.69, 9.17) is 0 Å². The van der Waals surface area contributed by atoms with Crippen LogP contribution in [0.1, 0.15) is 24.9 Å². The Morgan fingerprint density at radius 3 is 2.87 bits per heavy atom. The van der Waals surface area contributed by atoms with Crippen molar-refractivity contribution >= 4 is 0 Å². The van der Waals surface area contributed by atoms with E-state index in [0.717, 1.165) is 12.5 Å². The van der Waals surface area contributed by atoms with E-state index >= 15 is 0 Å². The molecule has 1 aromatic rings. The quantitative estimate of drug-likeness (QED) is 0.783. The van der Waals surface area contributed by atoms with Gasteiger partial charge in [-0.05, 0) is 44.5 Å². The van der Waals surface area contributed by atoms with Gasteiger partial charge in [0.25, 0.3) is 0 Å². The van der Waals surface area contributed by atoms with Crippen LogP contribution >= 0.6 is 0 Å². The highest BCUT2D eigenvalue weighted by Crippen LogP contribution is 2.13. The smallest absolute Gasteiger partial charge is 0.0291 e. The minimum atomic E-state index is 0.465. The lowest BCUT2D eigenvalue weighted by atomic mass is 10.1. The Morgan fingerprint density at radius 2 is 2.20 bits per heavy atom. The van der Waals surface area contributed by atoms with E-state index in [9.17, 15) is 0 Å². The number of nitrogens with one attached hydrogen (secondary N) is 2. The minimum Gasteiger partial charge on any atom is -0.316 e. The summed E-state index contributed by atoms with van der Waals surface area (Å²) in [7, 11) is 0. The average molecular weight is 204 g/mol. The lowest BCUT2D eigenvalue weighted by molar-refractivity contribution is 0.470. The summed E-state index contributed by atoms with van der Waals surface area (Å²) in [6, 6.07) is 11.1. The first-order valence-corrected chi connectivity index (χ1v) is 5.85. The first-order chi connectivity index (χ1) is 7.36. The van der Waals surface area contributed by atoms with Gasteiger partial charge in [0.1, 0.15) is 0 Å². The zero-order chi connectivity index (χ0) is 10.5. The Labute approximate surface area is 92.1 Å². The molecule has 0 radical (unpaired) electrons. The molecule has 2 N–H and O–H groups in total. The maximum Gasteiger partial charge on any atom is 0.0291 e. The minimum absolute atomic E-state index is 0.465. The first-order valence-electron chi connectivity index (χ1n) is 5.85. The summed E-state index contributed by atoms with van der Waals surface area (Å²) in [6.45, 7) is 5.72. The van der Waals surface area contributed by atoms with Gasteiger partial charge in [-0.1, -0.05) is 30.3 Å². The van der Waals surface area contributed by atoms with Gasteiger partial charge in [-0.15, -0.1) is 0 Å². The van der Waals surface area contributed by atoms with Crippen LogP contribution < -0.4 is 10.6 Å². The molecule has 0 amide bonds. The van der Waals surface area contributed by atoms with Gasteiger partial charge in [0, 0.05) is 6.04 Å². The van der Waals surface area contributed by atoms with Gasteiger partial charge in [-0.2, -0.15) is 0 Å². The van der Waals surface area contributed by atoms with Crippen LogP contribution in [0.4, 0.5) is 0 Å². The Bertz CT molecular complexity index is 278. The largest absolute Gasteiger partial charge is 0.316 e. The molecule has 1 aliphatic rings. The van der Waals surface area contributed by atoms with Crippen LogP contribution in [0.3, 0.4) is 0 Å². The standard InChI is InChI=1S/C13H20N2/c1-11(13-5-3-2-4-6-13)15-10-12-7-8-14-9-12/h2-6,11-12,14-15H,7-10H2,1H3/t11-,12+/m0/s1. The highest BCUT2D eigenvalue weighted by molar-refractivity contribution is 5.17. The van der Waals surface area contributed by atoms with E-state index in [1.165, 1.54) is 25.1 Å². The number of benzene rings is 1. The molecular formula is C13H20N2. The van der Waals surface area contributed by atoms with Crippen LogP contribution in [0.5, 0.6) is 0 Å². The SMILES string of the molecule is C[C@H](NC[C@@H]1CCNC1)c1ccccc1. The molecule has 2 rings (SSSR count). The maximum atomic E-state index is 3.60. The molecule has 2 atom stereocenters. The average Bonchev–Trinajstić information content (AvgIpc) is 2.80. The second-order valence-electron chi connectivity index (χ2n) is 4.40. The summed E-state index contributed by atoms with van der Waals surface area (Å²) in [5, 5.41) is 7.00. The molecule has 1 aliphatic heterocycles. The molecule has 0 saturated carbocycles. The Balaban J connectivity index is 1.79. The third-order valence-corrected chi connectivity index (χ3v) is 3.17. The predicted molar refractivity (Wildman–Crippen MR) is 63.8 cm³/mol. The fraction of sp³-hybridized carbons (Fsp3) is 0.538. The van der Waals surface area contributed by atoms with Crippen molar-refractivity contribution in [3.8, 4) is 0 Å². The van der Waals surface area contributed by atoms with Crippen LogP contribution in [-0.2, 0) is 0 Å². The molecule has 0 aliphatic carbocycles. The van der Waals surface area contributed by atoms with Crippen molar-refractivity contribution in [3.63, 3.8) is 0 Å². The molecule has 2 heteroatoms. The van der Waals surface area contributed by atoms with Gasteiger partial charge in [0.15, 0.2) is 0 Å². The third-order valence-electron chi connectivity index (χ3n) is 3.17. The predicted octanol–water partition coefficient (Wildman–Crippen LogP) is 1.95. The van der Waals surface area contributed by atoms with Crippen LogP contribution in [0.15, 0.2) is 30.3 Å². The molecule has 15 heavy (non-hydrogen) atoms. The third kappa shape index (κ3) is 3.05. The van der Waals surface area contributed by atoms with Crippen molar-refractivity contribution in [2.24, 2.45) is 5.92 Å². The van der Waals surface area contributed by atoms with Crippen LogP contribution in [0.25, 0.3) is 0 Å². The van der Waals surface area contributed by atoms with Crippen molar-refractivity contribution in [2.45, 2.75) is 19.4 Å². The van der Waals surface area contributed by atoms with E-state index < -0.39 is 0 Å². The molecule has 82 valence electrons. The summed E-state index contributed by atoms with van der Waals surface area (Å²) in [4.78, 5) is 0. The van der Waals surface area contributed by atoms with E-state index in [1.54, 1.807) is 0 Å². The molecule has 1 fully saturated rings. The summed E-state index contributed by atoms with van der Waals surface area (Å²) in [6.07, 6.45) is 1.31. The fourth-order valence-electron chi connectivity index (χ4n) is 2.09. The summed E-state index contributed by atoms with van der Waals surface area (Å²) >= 11 is 0. The van der Waals surface area contributed by atoms with Crippen LogP contribution in [0.2, 0.25) is 0 Å². The van der Waals surface area contributed by atoms with E-state index in [0.29, 0.717) is 6.04 Å². The summed E-state index contributed by atoms with van der Waals surface area (Å²) in [5.41, 5.74) is 1.38. The zero-order valence-electron chi connectivity index (χ0n) is 9.37. The van der Waals surface area contributed by atoms with Crippen molar-refractivity contribution in [3.05, 3.63) is 35.9 Å². The monoisotopic (exact) mass is 204 g/mol. The van der Waals surface area contributed by atoms with Crippen molar-refractivity contribution in [1.29, 1.82) is 0 Å². The second-order valence-corrected chi connectivity index (χ2v) is 4.40. The summed E-state index contributed by atoms with van der Waals surface area (Å²) in [5.74, 6) is 0.816. The Kier molecular flexibility index (Phi) is 3.75. The topological polar surface area (TPSA) is 24.1 Å². The molecule has 0 unspecified atom stereocenters. The molecule has 1 saturated heterocycles. The zero-order valence-corrected chi connectivity index (χ0v) is 9.37. The molecule has 0 aromatic heterocycles. The number of hydrogen-bond acceptors (Lipinski definition) is 2. The number of rotatable bonds is 4. The molecule has 2 nitrogen and oxygen atoms in total. The van der Waals surface area contributed by atoms with Gasteiger partial charge in [0.2, 0.25) is 0 Å². The van der Waals surface area contributed by atoms with Gasteiger partial charge in [0.05, 0.1) is 0 Å². The van der Waals surface area contributed by atoms with E-state index in [-0.39, 0.29) is 0 Å². The lowest BCUT2D eigenvalue weighted by Crippen LogP contribution is -2.26. The molecule has 0 bridgehead atoms. The highest BCUT2D eigenvalue weighted by atomic mass is 15.0. The second kappa shape index (κ2) is 5.29. The maximum absolute atomic E-state index is 3.60. The van der Waals surface area contributed by atoms with Crippen molar-refractivity contribution in [1.82, 2.24) is 10.6 Å². The Hall–Kier alpha value is -0.860. The van der Waals surface area contributed by atoms with Crippen LogP contribution in [-0.4, -0.2) is 19.6 Å².